The standard InChI is InChI=1S/C29H62N6/c1-5-12-30-18-19-31(13-6-2)23-27-34(26-22-30)16-10-9-11-17-35-28-24-32(14-7-3)20-21-33(15-8-4)25-29-35/h5-29H2,1-4H3. The van der Waals surface area contributed by atoms with Crippen molar-refractivity contribution in [1.29, 1.82) is 0 Å². The van der Waals surface area contributed by atoms with E-state index in [1.807, 2.05) is 0 Å². The van der Waals surface area contributed by atoms with Crippen molar-refractivity contribution in [3.63, 3.8) is 0 Å². The Morgan fingerprint density at radius 3 is 0.686 bits per heavy atom. The second-order valence-electron chi connectivity index (χ2n) is 11.1. The number of rotatable bonds is 14. The van der Waals surface area contributed by atoms with Gasteiger partial charge in [-0.25, -0.2) is 0 Å². The van der Waals surface area contributed by atoms with Gasteiger partial charge in [0, 0.05) is 78.5 Å². The molecule has 0 saturated carbocycles. The lowest BCUT2D eigenvalue weighted by Crippen LogP contribution is -2.37. The van der Waals surface area contributed by atoms with Crippen LogP contribution in [-0.4, -0.2) is 147 Å². The average Bonchev–Trinajstić information content (AvgIpc) is 3.01. The molecule has 0 unspecified atom stereocenters. The van der Waals surface area contributed by atoms with Crippen molar-refractivity contribution < 1.29 is 0 Å². The fraction of sp³-hybridized carbons (Fsp3) is 1.00. The molecular weight excluding hydrogens is 432 g/mol. The van der Waals surface area contributed by atoms with E-state index >= 15 is 0 Å². The number of hydrogen-bond donors (Lipinski definition) is 0. The van der Waals surface area contributed by atoms with Crippen molar-refractivity contribution in [1.82, 2.24) is 29.4 Å². The normalized spacial score (nSPS) is 22.3. The molecule has 0 aromatic carbocycles. The first-order valence-corrected chi connectivity index (χ1v) is 15.5. The first-order valence-electron chi connectivity index (χ1n) is 15.5. The summed E-state index contributed by atoms with van der Waals surface area (Å²) >= 11 is 0. The molecule has 0 bridgehead atoms. The Bertz CT molecular complexity index is 412. The summed E-state index contributed by atoms with van der Waals surface area (Å²) in [6.45, 7) is 32.0. The predicted octanol–water partition coefficient (Wildman–Crippen LogP) is 3.64. The highest BCUT2D eigenvalue weighted by molar-refractivity contribution is 4.73. The zero-order valence-corrected chi connectivity index (χ0v) is 24.4. The van der Waals surface area contributed by atoms with E-state index in [2.05, 4.69) is 57.1 Å². The summed E-state index contributed by atoms with van der Waals surface area (Å²) in [6, 6.07) is 0. The van der Waals surface area contributed by atoms with Crippen LogP contribution in [0.25, 0.3) is 0 Å². The zero-order valence-electron chi connectivity index (χ0n) is 24.4. The minimum atomic E-state index is 1.25. The summed E-state index contributed by atoms with van der Waals surface area (Å²) in [4.78, 5) is 16.3. The first kappa shape index (κ1) is 31.0. The van der Waals surface area contributed by atoms with Crippen molar-refractivity contribution in [2.75, 3.05) is 118 Å². The Morgan fingerprint density at radius 1 is 0.286 bits per heavy atom. The van der Waals surface area contributed by atoms with Crippen molar-refractivity contribution in [3.8, 4) is 0 Å². The molecule has 35 heavy (non-hydrogen) atoms. The van der Waals surface area contributed by atoms with Crippen LogP contribution in [0.15, 0.2) is 0 Å². The highest BCUT2D eigenvalue weighted by Gasteiger charge is 2.17. The van der Waals surface area contributed by atoms with Crippen LogP contribution in [0.4, 0.5) is 0 Å². The van der Waals surface area contributed by atoms with Gasteiger partial charge in [-0.1, -0.05) is 34.1 Å². The number of nitrogens with zero attached hydrogens (tertiary/aromatic N) is 6. The largest absolute Gasteiger partial charge is 0.301 e. The summed E-state index contributed by atoms with van der Waals surface area (Å²) in [5, 5.41) is 0. The van der Waals surface area contributed by atoms with Crippen molar-refractivity contribution in [2.45, 2.75) is 72.6 Å². The highest BCUT2D eigenvalue weighted by atomic mass is 15.3. The van der Waals surface area contributed by atoms with Gasteiger partial charge in [0.2, 0.25) is 0 Å². The van der Waals surface area contributed by atoms with Gasteiger partial charge in [-0.3, -0.25) is 0 Å². The molecule has 2 aliphatic rings. The lowest BCUT2D eigenvalue weighted by atomic mass is 10.2. The quantitative estimate of drug-likeness (QED) is 0.341. The van der Waals surface area contributed by atoms with Gasteiger partial charge in [0.25, 0.3) is 0 Å². The maximum absolute atomic E-state index is 2.77. The maximum atomic E-state index is 2.77. The monoisotopic (exact) mass is 495 g/mol. The van der Waals surface area contributed by atoms with Gasteiger partial charge >= 0.3 is 0 Å². The second-order valence-corrected chi connectivity index (χ2v) is 11.1. The molecule has 0 aromatic heterocycles. The van der Waals surface area contributed by atoms with Crippen LogP contribution in [0.1, 0.15) is 72.6 Å². The van der Waals surface area contributed by atoms with Gasteiger partial charge in [0.1, 0.15) is 0 Å². The summed E-state index contributed by atoms with van der Waals surface area (Å²) < 4.78 is 0. The lowest BCUT2D eigenvalue weighted by Gasteiger charge is -2.27. The molecule has 0 N–H and O–H groups in total. The second kappa shape index (κ2) is 19.8. The number of hydrogen-bond acceptors (Lipinski definition) is 6. The minimum absolute atomic E-state index is 1.25. The molecule has 2 fully saturated rings. The van der Waals surface area contributed by atoms with E-state index in [4.69, 9.17) is 0 Å². The fourth-order valence-electron chi connectivity index (χ4n) is 5.82. The Kier molecular flexibility index (Phi) is 17.5. The topological polar surface area (TPSA) is 19.4 Å². The molecule has 0 spiro atoms. The van der Waals surface area contributed by atoms with E-state index in [1.165, 1.54) is 163 Å². The summed E-state index contributed by atoms with van der Waals surface area (Å²) in [6.07, 6.45) is 9.20. The van der Waals surface area contributed by atoms with E-state index in [0.29, 0.717) is 0 Å². The molecule has 6 heteroatoms. The molecule has 2 rings (SSSR count). The Morgan fingerprint density at radius 2 is 0.486 bits per heavy atom. The molecular formula is C29H62N6. The van der Waals surface area contributed by atoms with Crippen LogP contribution < -0.4 is 0 Å². The van der Waals surface area contributed by atoms with E-state index in [1.54, 1.807) is 0 Å². The van der Waals surface area contributed by atoms with Gasteiger partial charge < -0.3 is 29.4 Å². The first-order chi connectivity index (χ1) is 17.2. The third-order valence-electron chi connectivity index (χ3n) is 8.00. The van der Waals surface area contributed by atoms with Gasteiger partial charge in [0.05, 0.1) is 0 Å². The van der Waals surface area contributed by atoms with Crippen molar-refractivity contribution >= 4 is 0 Å². The van der Waals surface area contributed by atoms with Crippen LogP contribution in [-0.2, 0) is 0 Å². The molecule has 0 aromatic rings. The van der Waals surface area contributed by atoms with E-state index < -0.39 is 0 Å². The SMILES string of the molecule is CCCN1CCN(CCC)CCN(CCCCCN2CCN(CCC)CCN(CCC)CC2)CC1. The van der Waals surface area contributed by atoms with E-state index in [0.717, 1.165) is 0 Å². The predicted molar refractivity (Wildman–Crippen MR) is 154 cm³/mol. The van der Waals surface area contributed by atoms with Gasteiger partial charge in [-0.15, -0.1) is 0 Å². The van der Waals surface area contributed by atoms with Gasteiger partial charge in [-0.2, -0.15) is 0 Å². The van der Waals surface area contributed by atoms with Crippen LogP contribution in [0.3, 0.4) is 0 Å². The molecule has 0 aliphatic carbocycles. The Balaban J connectivity index is 1.73. The zero-order chi connectivity index (χ0) is 25.1. The molecule has 0 radical (unpaired) electrons. The lowest BCUT2D eigenvalue weighted by molar-refractivity contribution is 0.205. The maximum Gasteiger partial charge on any atom is 0.0110 e. The number of unbranched alkanes of at least 4 members (excludes halogenated alkanes) is 2. The van der Waals surface area contributed by atoms with Gasteiger partial charge in [-0.05, 0) is 77.8 Å². The molecule has 2 heterocycles. The van der Waals surface area contributed by atoms with Crippen LogP contribution in [0.2, 0.25) is 0 Å². The molecule has 0 amide bonds. The van der Waals surface area contributed by atoms with E-state index in [9.17, 15) is 0 Å². The third-order valence-corrected chi connectivity index (χ3v) is 8.00. The molecule has 208 valence electrons. The third kappa shape index (κ3) is 13.8. The fourth-order valence-corrected chi connectivity index (χ4v) is 5.82. The molecule has 2 aliphatic heterocycles. The summed E-state index contributed by atoms with van der Waals surface area (Å²) in [7, 11) is 0. The van der Waals surface area contributed by atoms with Crippen LogP contribution in [0, 0.1) is 0 Å². The Labute approximate surface area is 220 Å². The highest BCUT2D eigenvalue weighted by Crippen LogP contribution is 2.07. The summed E-state index contributed by atoms with van der Waals surface area (Å²) in [5.74, 6) is 0. The molecule has 6 nitrogen and oxygen atoms in total. The van der Waals surface area contributed by atoms with E-state index in [-0.39, 0.29) is 0 Å². The van der Waals surface area contributed by atoms with Gasteiger partial charge in [0.15, 0.2) is 0 Å². The van der Waals surface area contributed by atoms with Crippen molar-refractivity contribution in [3.05, 3.63) is 0 Å². The minimum Gasteiger partial charge on any atom is -0.301 e. The Hall–Kier alpha value is -0.240. The van der Waals surface area contributed by atoms with Crippen LogP contribution >= 0.6 is 0 Å². The van der Waals surface area contributed by atoms with Crippen molar-refractivity contribution in [2.24, 2.45) is 0 Å². The summed E-state index contributed by atoms with van der Waals surface area (Å²) in [5.41, 5.74) is 0. The smallest absolute Gasteiger partial charge is 0.0110 e. The van der Waals surface area contributed by atoms with Crippen LogP contribution in [0.5, 0.6) is 0 Å². The molecule has 2 saturated heterocycles. The average molecular weight is 495 g/mol. The molecule has 0 atom stereocenters.